The Morgan fingerprint density at radius 2 is 1.88 bits per heavy atom. The Bertz CT molecular complexity index is 207. The Morgan fingerprint density at radius 3 is 2.47 bits per heavy atom. The molecule has 1 rings (SSSR count). The molecule has 0 radical (unpaired) electrons. The average molecular weight is 240 g/mol. The predicted octanol–water partition coefficient (Wildman–Crippen LogP) is 3.42. The van der Waals surface area contributed by atoms with E-state index >= 15 is 0 Å². The summed E-state index contributed by atoms with van der Waals surface area (Å²) < 4.78 is 0. The average Bonchev–Trinajstić information content (AvgIpc) is 2.58. The lowest BCUT2D eigenvalue weighted by molar-refractivity contribution is 0.194. The van der Waals surface area contributed by atoms with Crippen LogP contribution in [0.4, 0.5) is 0 Å². The van der Waals surface area contributed by atoms with Gasteiger partial charge in [0.25, 0.3) is 0 Å². The molecule has 1 fully saturated rings. The quantitative estimate of drug-likeness (QED) is 0.716. The third kappa shape index (κ3) is 5.39. The van der Waals surface area contributed by atoms with E-state index in [2.05, 4.69) is 44.8 Å². The van der Waals surface area contributed by atoms with Crippen molar-refractivity contribution < 1.29 is 0 Å². The number of nitrogens with one attached hydrogen (secondary N) is 1. The number of hydrogen-bond donors (Lipinski definition) is 1. The lowest BCUT2D eigenvalue weighted by Crippen LogP contribution is -2.37. The van der Waals surface area contributed by atoms with Crippen molar-refractivity contribution in [2.45, 2.75) is 84.3 Å². The van der Waals surface area contributed by atoms with Crippen LogP contribution in [0.3, 0.4) is 0 Å². The van der Waals surface area contributed by atoms with Gasteiger partial charge >= 0.3 is 0 Å². The zero-order valence-electron chi connectivity index (χ0n) is 12.6. The van der Waals surface area contributed by atoms with Gasteiger partial charge in [-0.3, -0.25) is 4.90 Å². The molecule has 0 amide bonds. The summed E-state index contributed by atoms with van der Waals surface area (Å²) in [6, 6.07) is 1.68. The van der Waals surface area contributed by atoms with Crippen LogP contribution in [0.15, 0.2) is 0 Å². The molecule has 2 heteroatoms. The van der Waals surface area contributed by atoms with E-state index in [1.807, 2.05) is 0 Å². The third-order valence-electron chi connectivity index (χ3n) is 3.92. The molecule has 1 saturated heterocycles. The highest BCUT2D eigenvalue weighted by Crippen LogP contribution is 2.25. The fraction of sp³-hybridized carbons (Fsp3) is 1.00. The molecule has 0 saturated carbocycles. The van der Waals surface area contributed by atoms with Crippen LogP contribution in [0.1, 0.15) is 66.7 Å². The van der Waals surface area contributed by atoms with Crippen molar-refractivity contribution in [3.05, 3.63) is 0 Å². The largest absolute Gasteiger partial charge is 0.312 e. The summed E-state index contributed by atoms with van der Waals surface area (Å²) in [6.07, 6.45) is 6.78. The molecule has 102 valence electrons. The van der Waals surface area contributed by atoms with Crippen molar-refractivity contribution in [2.75, 3.05) is 13.1 Å². The van der Waals surface area contributed by atoms with Gasteiger partial charge < -0.3 is 5.32 Å². The van der Waals surface area contributed by atoms with Crippen LogP contribution in [0.2, 0.25) is 0 Å². The van der Waals surface area contributed by atoms with Gasteiger partial charge in [-0.05, 0) is 72.9 Å². The molecule has 0 aromatic carbocycles. The van der Waals surface area contributed by atoms with E-state index in [4.69, 9.17) is 0 Å². The number of unbranched alkanes of at least 4 members (excludes halogenated alkanes) is 1. The number of likely N-dealkylation sites (tertiary alicyclic amines) is 1. The van der Waals surface area contributed by atoms with E-state index in [-0.39, 0.29) is 5.54 Å². The topological polar surface area (TPSA) is 15.3 Å². The summed E-state index contributed by atoms with van der Waals surface area (Å²) in [5.74, 6) is 0. The predicted molar refractivity (Wildman–Crippen MR) is 76.5 cm³/mol. The highest BCUT2D eigenvalue weighted by molar-refractivity contribution is 4.84. The van der Waals surface area contributed by atoms with E-state index < -0.39 is 0 Å². The lowest BCUT2D eigenvalue weighted by Gasteiger charge is -2.28. The number of hydrogen-bond acceptors (Lipinski definition) is 2. The van der Waals surface area contributed by atoms with Crippen molar-refractivity contribution in [2.24, 2.45) is 0 Å². The van der Waals surface area contributed by atoms with Crippen molar-refractivity contribution in [1.29, 1.82) is 0 Å². The van der Waals surface area contributed by atoms with Crippen LogP contribution in [-0.2, 0) is 0 Å². The second-order valence-corrected chi connectivity index (χ2v) is 6.61. The zero-order chi connectivity index (χ0) is 12.9. The molecule has 2 unspecified atom stereocenters. The van der Waals surface area contributed by atoms with E-state index in [9.17, 15) is 0 Å². The van der Waals surface area contributed by atoms with Crippen molar-refractivity contribution in [1.82, 2.24) is 10.2 Å². The molecule has 0 spiro atoms. The maximum Gasteiger partial charge on any atom is 0.00965 e. The summed E-state index contributed by atoms with van der Waals surface area (Å²) in [5.41, 5.74) is 0.271. The third-order valence-corrected chi connectivity index (χ3v) is 3.92. The summed E-state index contributed by atoms with van der Waals surface area (Å²) in [7, 11) is 0. The van der Waals surface area contributed by atoms with Crippen molar-refractivity contribution in [3.63, 3.8) is 0 Å². The molecule has 0 bridgehead atoms. The maximum atomic E-state index is 3.57. The second-order valence-electron chi connectivity index (χ2n) is 6.61. The normalized spacial score (nSPS) is 26.6. The minimum atomic E-state index is 0.271. The highest BCUT2D eigenvalue weighted by Gasteiger charge is 2.28. The molecule has 17 heavy (non-hydrogen) atoms. The second kappa shape index (κ2) is 6.75. The van der Waals surface area contributed by atoms with Gasteiger partial charge in [-0.25, -0.2) is 0 Å². The van der Waals surface area contributed by atoms with Crippen LogP contribution in [-0.4, -0.2) is 35.6 Å². The minimum absolute atomic E-state index is 0.271. The first-order valence-corrected chi connectivity index (χ1v) is 7.45. The van der Waals surface area contributed by atoms with Crippen LogP contribution in [0.5, 0.6) is 0 Å². The Morgan fingerprint density at radius 1 is 1.18 bits per heavy atom. The SMILES string of the molecule is CCC1CCC(C)N1CCCCNC(C)(C)C. The van der Waals surface area contributed by atoms with Crippen LogP contribution in [0, 0.1) is 0 Å². The van der Waals surface area contributed by atoms with Gasteiger partial charge in [0.2, 0.25) is 0 Å². The van der Waals surface area contributed by atoms with Gasteiger partial charge in [-0.2, -0.15) is 0 Å². The summed E-state index contributed by atoms with van der Waals surface area (Å²) in [6.45, 7) is 13.9. The minimum Gasteiger partial charge on any atom is -0.312 e. The highest BCUT2D eigenvalue weighted by atomic mass is 15.2. The number of nitrogens with zero attached hydrogens (tertiary/aromatic N) is 1. The van der Waals surface area contributed by atoms with E-state index in [1.54, 1.807) is 0 Å². The molecule has 0 aliphatic carbocycles. The summed E-state index contributed by atoms with van der Waals surface area (Å²) >= 11 is 0. The lowest BCUT2D eigenvalue weighted by atomic mass is 10.1. The molecule has 0 aromatic heterocycles. The molecule has 0 aromatic rings. The maximum absolute atomic E-state index is 3.57. The smallest absolute Gasteiger partial charge is 0.00965 e. The van der Waals surface area contributed by atoms with Crippen LogP contribution >= 0.6 is 0 Å². The molecule has 1 N–H and O–H groups in total. The van der Waals surface area contributed by atoms with Gasteiger partial charge in [-0.15, -0.1) is 0 Å². The summed E-state index contributed by atoms with van der Waals surface area (Å²) in [4.78, 5) is 2.73. The van der Waals surface area contributed by atoms with Crippen LogP contribution < -0.4 is 5.32 Å². The molecular formula is C15H32N2. The summed E-state index contributed by atoms with van der Waals surface area (Å²) in [5, 5.41) is 3.57. The Labute approximate surface area is 108 Å². The van der Waals surface area contributed by atoms with Gasteiger partial charge in [0, 0.05) is 17.6 Å². The van der Waals surface area contributed by atoms with Crippen LogP contribution in [0.25, 0.3) is 0 Å². The van der Waals surface area contributed by atoms with Gasteiger partial charge in [0.05, 0.1) is 0 Å². The van der Waals surface area contributed by atoms with E-state index in [1.165, 1.54) is 38.6 Å². The van der Waals surface area contributed by atoms with Crippen molar-refractivity contribution in [3.8, 4) is 0 Å². The van der Waals surface area contributed by atoms with Crippen molar-refractivity contribution >= 4 is 0 Å². The van der Waals surface area contributed by atoms with E-state index in [0.717, 1.165) is 18.6 Å². The first-order chi connectivity index (χ1) is 7.94. The first-order valence-electron chi connectivity index (χ1n) is 7.45. The molecule has 1 heterocycles. The van der Waals surface area contributed by atoms with E-state index in [0.29, 0.717) is 0 Å². The monoisotopic (exact) mass is 240 g/mol. The Balaban J connectivity index is 2.13. The molecule has 1 aliphatic heterocycles. The molecular weight excluding hydrogens is 208 g/mol. The van der Waals surface area contributed by atoms with Gasteiger partial charge in [0.1, 0.15) is 0 Å². The van der Waals surface area contributed by atoms with Gasteiger partial charge in [-0.1, -0.05) is 6.92 Å². The Hall–Kier alpha value is -0.0800. The number of rotatable bonds is 6. The Kier molecular flexibility index (Phi) is 5.94. The standard InChI is InChI=1S/C15H32N2/c1-6-14-10-9-13(2)17(14)12-8-7-11-16-15(3,4)5/h13-14,16H,6-12H2,1-5H3. The fourth-order valence-electron chi connectivity index (χ4n) is 2.85. The fourth-order valence-corrected chi connectivity index (χ4v) is 2.85. The first kappa shape index (κ1) is 15.0. The zero-order valence-corrected chi connectivity index (χ0v) is 12.6. The molecule has 2 atom stereocenters. The molecule has 2 nitrogen and oxygen atoms in total. The molecule has 1 aliphatic rings. The van der Waals surface area contributed by atoms with Gasteiger partial charge in [0.15, 0.2) is 0 Å².